The molecule has 0 aliphatic carbocycles. The van der Waals surface area contributed by atoms with Crippen molar-refractivity contribution in [1.29, 1.82) is 0 Å². The molecule has 3 aromatic heterocycles. The van der Waals surface area contributed by atoms with Gasteiger partial charge in [0.25, 0.3) is 5.91 Å². The minimum atomic E-state index is -4.90. The number of carbonyl (C=O) groups excluding carboxylic acids is 1. The van der Waals surface area contributed by atoms with Crippen molar-refractivity contribution in [2.24, 2.45) is 0 Å². The summed E-state index contributed by atoms with van der Waals surface area (Å²) in [4.78, 5) is 29.2. The lowest BCUT2D eigenvalue weighted by Gasteiger charge is -2.14. The molecule has 39 heavy (non-hydrogen) atoms. The summed E-state index contributed by atoms with van der Waals surface area (Å²) in [6.07, 6.45) is -5.60. The highest BCUT2D eigenvalue weighted by atomic mass is 19.4. The maximum absolute atomic E-state index is 13.9. The number of alkyl halides is 3. The molecule has 2 aromatic carbocycles. The van der Waals surface area contributed by atoms with Crippen LogP contribution >= 0.6 is 0 Å². The number of halogens is 3. The standard InChI is InChI=1S/C28H22F3N7O/c1-17-5-6-19(10-25(17)37-27-33-9-7-24(36-27)20-4-3-8-32-14-20)26(39)35-22-11-21(28(29,30)31)12-23(13-22)38-15-18(2)34-16-38/h3-16H,1-2H3,(H,35,39)(H,33,36,37)/i3D,4D,5D,6D,8D,10D,14D,15D,16D. The van der Waals surface area contributed by atoms with Crippen LogP contribution in [0.3, 0.4) is 0 Å². The Balaban J connectivity index is 1.55. The molecule has 0 saturated heterocycles. The molecule has 1 amide bonds. The summed E-state index contributed by atoms with van der Waals surface area (Å²) in [5.41, 5.74) is -2.94. The number of benzene rings is 2. The average molecular weight is 539 g/mol. The van der Waals surface area contributed by atoms with Gasteiger partial charge < -0.3 is 15.2 Å². The van der Waals surface area contributed by atoms with Crippen LogP contribution in [0.2, 0.25) is 0 Å². The van der Waals surface area contributed by atoms with Gasteiger partial charge in [-0.15, -0.1) is 0 Å². The maximum Gasteiger partial charge on any atom is 0.416 e. The zero-order chi connectivity index (χ0) is 35.4. The fourth-order valence-electron chi connectivity index (χ4n) is 3.36. The first-order chi connectivity index (χ1) is 22.4. The molecule has 11 heteroatoms. The number of imidazole rings is 1. The van der Waals surface area contributed by atoms with Crippen molar-refractivity contribution in [3.8, 4) is 16.9 Å². The predicted octanol–water partition coefficient (Wildman–Crippen LogP) is 6.36. The number of nitrogens with zero attached hydrogens (tertiary/aromatic N) is 5. The Labute approximate surface area is 234 Å². The number of amides is 1. The second-order valence-corrected chi connectivity index (χ2v) is 8.07. The molecule has 0 fully saturated rings. The summed E-state index contributed by atoms with van der Waals surface area (Å²) in [7, 11) is 0. The van der Waals surface area contributed by atoms with E-state index in [1.54, 1.807) is 0 Å². The molecule has 196 valence electrons. The molecule has 5 rings (SSSR count). The van der Waals surface area contributed by atoms with Crippen LogP contribution < -0.4 is 10.6 Å². The zero-order valence-electron chi connectivity index (χ0n) is 29.2. The van der Waals surface area contributed by atoms with Gasteiger partial charge in [-0.1, -0.05) is 6.04 Å². The number of pyridine rings is 1. The molecule has 0 radical (unpaired) electrons. The molecular weight excluding hydrogens is 507 g/mol. The van der Waals surface area contributed by atoms with E-state index in [4.69, 9.17) is 12.3 Å². The number of hydrogen-bond donors (Lipinski definition) is 2. The first-order valence-electron chi connectivity index (χ1n) is 15.6. The molecule has 0 bridgehead atoms. The number of rotatable bonds is 6. The molecule has 3 heterocycles. The summed E-state index contributed by atoms with van der Waals surface area (Å²) in [6, 6.07) is 0.827. The van der Waals surface area contributed by atoms with Gasteiger partial charge in [0.1, 0.15) is 1.37 Å². The van der Waals surface area contributed by atoms with Crippen LogP contribution in [0.25, 0.3) is 16.9 Å². The summed E-state index contributed by atoms with van der Waals surface area (Å²) >= 11 is 0. The Hall–Kier alpha value is -5.06. The topological polar surface area (TPSA) is 97.6 Å². The molecule has 0 unspecified atom stereocenters. The summed E-state index contributed by atoms with van der Waals surface area (Å²) in [5.74, 6) is -1.44. The van der Waals surface area contributed by atoms with Gasteiger partial charge in [0.2, 0.25) is 5.95 Å². The van der Waals surface area contributed by atoms with Gasteiger partial charge in [0, 0.05) is 52.9 Å². The highest BCUT2D eigenvalue weighted by molar-refractivity contribution is 6.05. The normalized spacial score (nSPS) is 14.5. The average Bonchev–Trinajstić information content (AvgIpc) is 3.27. The van der Waals surface area contributed by atoms with Gasteiger partial charge in [-0.05, 0) is 67.8 Å². The molecule has 2 N–H and O–H groups in total. The lowest BCUT2D eigenvalue weighted by Crippen LogP contribution is -2.14. The van der Waals surface area contributed by atoms with Crippen molar-refractivity contribution in [2.45, 2.75) is 20.0 Å². The van der Waals surface area contributed by atoms with Gasteiger partial charge >= 0.3 is 6.18 Å². The number of aryl methyl sites for hydroxylation is 1. The van der Waals surface area contributed by atoms with E-state index in [0.29, 0.717) is 12.1 Å². The monoisotopic (exact) mass is 538 g/mol. The van der Waals surface area contributed by atoms with Crippen LogP contribution in [0.1, 0.15) is 39.5 Å². The number of hydrogen-bond acceptors (Lipinski definition) is 6. The predicted molar refractivity (Wildman–Crippen MR) is 141 cm³/mol. The summed E-state index contributed by atoms with van der Waals surface area (Å²) in [6.45, 7) is 2.78. The number of aromatic nitrogens is 5. The first-order valence-corrected chi connectivity index (χ1v) is 11.1. The Morgan fingerprint density at radius 3 is 2.72 bits per heavy atom. The van der Waals surface area contributed by atoms with Crippen LogP contribution in [0.4, 0.5) is 30.5 Å². The van der Waals surface area contributed by atoms with Crippen molar-refractivity contribution in [2.75, 3.05) is 10.6 Å². The highest BCUT2D eigenvalue weighted by Gasteiger charge is 2.31. The van der Waals surface area contributed by atoms with Gasteiger partial charge in [-0.3, -0.25) is 9.78 Å². The highest BCUT2D eigenvalue weighted by Crippen LogP contribution is 2.33. The second kappa shape index (κ2) is 10.4. The molecule has 0 aliphatic rings. The quantitative estimate of drug-likeness (QED) is 0.261. The van der Waals surface area contributed by atoms with E-state index in [9.17, 15) is 18.0 Å². The minimum absolute atomic E-state index is 0.0226. The van der Waals surface area contributed by atoms with E-state index in [2.05, 4.69) is 30.6 Å². The molecule has 8 nitrogen and oxygen atoms in total. The van der Waals surface area contributed by atoms with Crippen LogP contribution in [-0.2, 0) is 6.18 Å². The van der Waals surface area contributed by atoms with Crippen molar-refractivity contribution in [3.63, 3.8) is 0 Å². The molecule has 0 saturated carbocycles. The Bertz CT molecular complexity index is 2140. The van der Waals surface area contributed by atoms with Crippen molar-refractivity contribution < 1.29 is 30.3 Å². The molecule has 5 aromatic rings. The van der Waals surface area contributed by atoms with E-state index in [1.165, 1.54) is 26.1 Å². The van der Waals surface area contributed by atoms with E-state index in [1.807, 2.05) is 0 Å². The third-order valence-electron chi connectivity index (χ3n) is 5.20. The van der Waals surface area contributed by atoms with E-state index < -0.39 is 77.8 Å². The van der Waals surface area contributed by atoms with Crippen molar-refractivity contribution in [1.82, 2.24) is 24.5 Å². The molecule has 0 aliphatic heterocycles. The Kier molecular flexibility index (Phi) is 4.44. The van der Waals surface area contributed by atoms with E-state index >= 15 is 0 Å². The fourth-order valence-corrected chi connectivity index (χ4v) is 3.36. The fraction of sp³-hybridized carbons (Fsp3) is 0.107. The Morgan fingerprint density at radius 1 is 1.10 bits per heavy atom. The molecular formula is C28H22F3N7O. The SMILES string of the molecule is [2H]c1nc([2H])c(-c2ccnc(Nc3c([2H])c(C(=O)Nc4cc(-n5c([2H])nc(C)c5[2H])cc(C(F)(F)F)c4)c([2H])c([2H])c3C)n2)c([2H])c1[2H]. The lowest BCUT2D eigenvalue weighted by atomic mass is 10.1. The van der Waals surface area contributed by atoms with Crippen LogP contribution in [-0.4, -0.2) is 30.4 Å². The number of carbonyl (C=O) groups is 1. The smallest absolute Gasteiger partial charge is 0.324 e. The van der Waals surface area contributed by atoms with E-state index in [-0.39, 0.29) is 46.0 Å². The summed E-state index contributed by atoms with van der Waals surface area (Å²) < 4.78 is 116. The number of nitrogens with one attached hydrogen (secondary N) is 2. The Morgan fingerprint density at radius 2 is 1.95 bits per heavy atom. The summed E-state index contributed by atoms with van der Waals surface area (Å²) in [5, 5.41) is 4.94. The maximum atomic E-state index is 13.9. The second-order valence-electron chi connectivity index (χ2n) is 8.07. The third-order valence-corrected chi connectivity index (χ3v) is 5.20. The van der Waals surface area contributed by atoms with E-state index in [0.717, 1.165) is 10.6 Å². The van der Waals surface area contributed by atoms with Gasteiger partial charge in [0.05, 0.1) is 34.2 Å². The van der Waals surface area contributed by atoms with Gasteiger partial charge in [0.15, 0.2) is 0 Å². The van der Waals surface area contributed by atoms with Crippen LogP contribution in [0, 0.1) is 13.8 Å². The molecule has 0 atom stereocenters. The number of anilines is 3. The van der Waals surface area contributed by atoms with Crippen molar-refractivity contribution in [3.05, 3.63) is 108 Å². The van der Waals surface area contributed by atoms with Crippen LogP contribution in [0.15, 0.2) is 85.5 Å². The minimum Gasteiger partial charge on any atom is -0.324 e. The largest absolute Gasteiger partial charge is 0.416 e. The van der Waals surface area contributed by atoms with Gasteiger partial charge in [-0.25, -0.2) is 15.0 Å². The first kappa shape index (κ1) is 16.7. The lowest BCUT2D eigenvalue weighted by molar-refractivity contribution is -0.137. The third kappa shape index (κ3) is 5.93. The van der Waals surface area contributed by atoms with Gasteiger partial charge in [-0.2, -0.15) is 13.2 Å². The van der Waals surface area contributed by atoms with Crippen LogP contribution in [0.5, 0.6) is 0 Å². The van der Waals surface area contributed by atoms with Crippen molar-refractivity contribution >= 4 is 23.2 Å². The molecule has 0 spiro atoms. The zero-order valence-corrected chi connectivity index (χ0v) is 20.2.